The number of ether oxygens (including phenoxy) is 12. The summed E-state index contributed by atoms with van der Waals surface area (Å²) in [6.07, 6.45) is -19.6. The van der Waals surface area contributed by atoms with Gasteiger partial charge in [0.25, 0.3) is 0 Å². The molecule has 328 valence electrons. The number of carbonyl (C=O) groups excluding carboxylic acids is 8. The third kappa shape index (κ3) is 14.9. The highest BCUT2D eigenvalue weighted by Crippen LogP contribution is 2.36. The first-order valence-electron chi connectivity index (χ1n) is 18.3. The standard InChI is InChI=1S/C37H50N2O20/c1-8-48-15-14-39(37(47)51-16-25-12-10-9-11-13-25)34-32(30(53-22(5)43)28(52-21(4)42)26(56-34)17-49-19(2)40)58-35-33(55-24(7)45)31(54-23(6)44)29(59-36(38)46)27(57-35)18-50-20(3)41/h9-13,26-35H,8,14-18H2,1-7H3,(H2,38,46)/t26-,27+,28+,29+,30-,31-,32-,33-,34?,35+/m0/s1. The average Bonchev–Trinajstić information content (AvgIpc) is 3.14. The molecule has 0 bridgehead atoms. The van der Waals surface area contributed by atoms with Crippen LogP contribution in [0.2, 0.25) is 0 Å². The molecule has 1 aromatic rings. The van der Waals surface area contributed by atoms with Crippen molar-refractivity contribution >= 4 is 48.0 Å². The first-order chi connectivity index (χ1) is 27.9. The van der Waals surface area contributed by atoms with Crippen LogP contribution in [0, 0.1) is 0 Å². The maximum atomic E-state index is 14.1. The Balaban J connectivity index is 2.29. The SMILES string of the molecule is CCOCCN(C(=O)OCc1ccccc1)C1O[C@@H](COC(C)=O)[C@@H](OC(C)=O)[C@H](OC(C)=O)[C@@H]1O[C@H]1O[C@H](COC(C)=O)[C@@H](OC(N)=O)[C@H](OC(C)=O)[C@@H]1OC(C)=O. The number of nitrogens with two attached hydrogens (primary N) is 1. The fourth-order valence-electron chi connectivity index (χ4n) is 6.11. The minimum atomic E-state index is -1.96. The molecule has 2 saturated heterocycles. The summed E-state index contributed by atoms with van der Waals surface area (Å²) in [7, 11) is 0. The normalized spacial score (nSPS) is 26.2. The number of nitrogens with zero attached hydrogens (tertiary/aromatic N) is 1. The molecule has 22 heteroatoms. The minimum Gasteiger partial charge on any atom is -0.463 e. The quantitative estimate of drug-likeness (QED) is 0.122. The molecule has 1 aromatic carbocycles. The number of amides is 2. The highest BCUT2D eigenvalue weighted by molar-refractivity contribution is 5.70. The zero-order valence-corrected chi connectivity index (χ0v) is 33.6. The molecule has 22 nitrogen and oxygen atoms in total. The molecule has 2 aliphatic rings. The molecule has 3 rings (SSSR count). The van der Waals surface area contributed by atoms with Gasteiger partial charge in [0, 0.05) is 48.1 Å². The molecule has 1 unspecified atom stereocenters. The highest BCUT2D eigenvalue weighted by atomic mass is 16.8. The monoisotopic (exact) mass is 842 g/mol. The zero-order chi connectivity index (χ0) is 43.8. The van der Waals surface area contributed by atoms with E-state index in [2.05, 4.69) is 0 Å². The van der Waals surface area contributed by atoms with Gasteiger partial charge >= 0.3 is 48.0 Å². The average molecular weight is 843 g/mol. The van der Waals surface area contributed by atoms with Crippen LogP contribution in [0.5, 0.6) is 0 Å². The van der Waals surface area contributed by atoms with Gasteiger partial charge in [-0.05, 0) is 12.5 Å². The van der Waals surface area contributed by atoms with Crippen LogP contribution in [0.1, 0.15) is 54.0 Å². The Bertz CT molecular complexity index is 1630. The van der Waals surface area contributed by atoms with Crippen LogP contribution in [0.15, 0.2) is 30.3 Å². The van der Waals surface area contributed by atoms with E-state index in [-0.39, 0.29) is 26.4 Å². The Kier molecular flexibility index (Phi) is 18.7. The summed E-state index contributed by atoms with van der Waals surface area (Å²) in [6.45, 7) is 6.20. The summed E-state index contributed by atoms with van der Waals surface area (Å²) < 4.78 is 68.0. The zero-order valence-electron chi connectivity index (χ0n) is 33.6. The maximum absolute atomic E-state index is 14.1. The summed E-state index contributed by atoms with van der Waals surface area (Å²) >= 11 is 0. The van der Waals surface area contributed by atoms with E-state index in [1.165, 1.54) is 0 Å². The highest BCUT2D eigenvalue weighted by Gasteiger charge is 2.59. The molecule has 0 aliphatic carbocycles. The van der Waals surface area contributed by atoms with Gasteiger partial charge in [-0.25, -0.2) is 9.59 Å². The predicted molar refractivity (Wildman–Crippen MR) is 192 cm³/mol. The first kappa shape index (κ1) is 47.8. The van der Waals surface area contributed by atoms with Crippen LogP contribution >= 0.6 is 0 Å². The van der Waals surface area contributed by atoms with Crippen molar-refractivity contribution in [2.75, 3.05) is 33.0 Å². The largest absolute Gasteiger partial charge is 0.463 e. The maximum Gasteiger partial charge on any atom is 0.412 e. The number of benzene rings is 1. The van der Waals surface area contributed by atoms with E-state index in [9.17, 15) is 38.4 Å². The third-order valence-corrected chi connectivity index (χ3v) is 8.28. The van der Waals surface area contributed by atoms with Gasteiger partial charge in [0.15, 0.2) is 43.0 Å². The van der Waals surface area contributed by atoms with Crippen LogP contribution in [0.3, 0.4) is 0 Å². The van der Waals surface area contributed by atoms with E-state index < -0.39 is 123 Å². The van der Waals surface area contributed by atoms with Gasteiger partial charge in [0.2, 0.25) is 0 Å². The van der Waals surface area contributed by atoms with Gasteiger partial charge in [0.05, 0.1) is 13.2 Å². The van der Waals surface area contributed by atoms with Crippen LogP contribution in [-0.4, -0.2) is 147 Å². The molecule has 0 aromatic heterocycles. The lowest BCUT2D eigenvalue weighted by Gasteiger charge is -2.50. The molecular weight excluding hydrogens is 792 g/mol. The first-order valence-corrected chi connectivity index (χ1v) is 18.3. The number of esters is 6. The number of carbonyl (C=O) groups is 8. The molecule has 2 aliphatic heterocycles. The topological polar surface area (TPSA) is 277 Å². The molecule has 0 saturated carbocycles. The van der Waals surface area contributed by atoms with Crippen molar-refractivity contribution in [1.29, 1.82) is 0 Å². The number of hydrogen-bond donors (Lipinski definition) is 1. The molecule has 59 heavy (non-hydrogen) atoms. The molecule has 2 fully saturated rings. The second-order valence-corrected chi connectivity index (χ2v) is 12.9. The van der Waals surface area contributed by atoms with Crippen LogP contribution in [-0.2, 0) is 92.2 Å². The Hall–Kier alpha value is -5.58. The van der Waals surface area contributed by atoms with E-state index in [0.29, 0.717) is 5.56 Å². The third-order valence-electron chi connectivity index (χ3n) is 8.28. The van der Waals surface area contributed by atoms with Crippen molar-refractivity contribution in [2.24, 2.45) is 5.73 Å². The van der Waals surface area contributed by atoms with Gasteiger partial charge in [-0.3, -0.25) is 33.7 Å². The van der Waals surface area contributed by atoms with E-state index >= 15 is 0 Å². The van der Waals surface area contributed by atoms with Crippen LogP contribution in [0.25, 0.3) is 0 Å². The van der Waals surface area contributed by atoms with E-state index in [4.69, 9.17) is 62.6 Å². The lowest BCUT2D eigenvalue weighted by molar-refractivity contribution is -0.352. The Morgan fingerprint density at radius 2 is 1.10 bits per heavy atom. The van der Waals surface area contributed by atoms with Gasteiger partial charge in [-0.15, -0.1) is 0 Å². The molecular formula is C37H50N2O20. The molecule has 2 heterocycles. The summed E-state index contributed by atoms with van der Waals surface area (Å²) in [4.78, 5) is 102. The lowest BCUT2D eigenvalue weighted by Crippen LogP contribution is -2.69. The van der Waals surface area contributed by atoms with Crippen molar-refractivity contribution < 1.29 is 95.2 Å². The number of hydrogen-bond acceptors (Lipinski definition) is 20. The molecule has 2 N–H and O–H groups in total. The van der Waals surface area contributed by atoms with Crippen molar-refractivity contribution in [2.45, 2.75) is 116 Å². The lowest BCUT2D eigenvalue weighted by atomic mass is 9.95. The Morgan fingerprint density at radius 3 is 1.61 bits per heavy atom. The van der Waals surface area contributed by atoms with E-state index in [0.717, 1.165) is 46.4 Å². The van der Waals surface area contributed by atoms with Crippen molar-refractivity contribution in [3.8, 4) is 0 Å². The molecule has 0 spiro atoms. The molecule has 10 atom stereocenters. The van der Waals surface area contributed by atoms with Crippen molar-refractivity contribution in [3.05, 3.63) is 35.9 Å². The molecule has 2 amide bonds. The van der Waals surface area contributed by atoms with Crippen LogP contribution in [0.4, 0.5) is 9.59 Å². The Morgan fingerprint density at radius 1 is 0.610 bits per heavy atom. The summed E-state index contributed by atoms with van der Waals surface area (Å²) in [5.41, 5.74) is 5.93. The Labute approximate surface area is 338 Å². The predicted octanol–water partition coefficient (Wildman–Crippen LogP) is 0.814. The van der Waals surface area contributed by atoms with Crippen LogP contribution < -0.4 is 5.73 Å². The smallest absolute Gasteiger partial charge is 0.412 e. The number of rotatable bonds is 18. The van der Waals surface area contributed by atoms with Crippen molar-refractivity contribution in [3.63, 3.8) is 0 Å². The van der Waals surface area contributed by atoms with E-state index in [1.54, 1.807) is 37.3 Å². The fraction of sp³-hybridized carbons (Fsp3) is 0.622. The fourth-order valence-corrected chi connectivity index (χ4v) is 6.11. The second-order valence-electron chi connectivity index (χ2n) is 12.9. The van der Waals surface area contributed by atoms with Gasteiger partial charge in [0.1, 0.15) is 38.1 Å². The summed E-state index contributed by atoms with van der Waals surface area (Å²) in [5.74, 6) is -5.41. The van der Waals surface area contributed by atoms with E-state index in [1.807, 2.05) is 0 Å². The summed E-state index contributed by atoms with van der Waals surface area (Å²) in [5, 5.41) is 0. The van der Waals surface area contributed by atoms with Gasteiger partial charge < -0.3 is 62.6 Å². The molecule has 0 radical (unpaired) electrons. The minimum absolute atomic E-state index is 0.120. The second kappa shape index (κ2) is 23.1. The number of primary amides is 1. The summed E-state index contributed by atoms with van der Waals surface area (Å²) in [6, 6.07) is 8.61. The van der Waals surface area contributed by atoms with Gasteiger partial charge in [-0.1, -0.05) is 30.3 Å². The van der Waals surface area contributed by atoms with Crippen molar-refractivity contribution in [1.82, 2.24) is 4.90 Å². The van der Waals surface area contributed by atoms with Gasteiger partial charge in [-0.2, -0.15) is 0 Å².